The molecule has 2 amide bonds. The third kappa shape index (κ3) is 6.51. The lowest BCUT2D eigenvalue weighted by Crippen LogP contribution is -2.27. The van der Waals surface area contributed by atoms with Gasteiger partial charge < -0.3 is 15.2 Å². The quantitative estimate of drug-likeness (QED) is 0.160. The summed E-state index contributed by atoms with van der Waals surface area (Å²) in [4.78, 5) is 35.9. The van der Waals surface area contributed by atoms with Crippen molar-refractivity contribution in [3.8, 4) is 0 Å². The number of carbonyl (C=O) groups excluding carboxylic acids is 2. The first-order valence-electron chi connectivity index (χ1n) is 11.3. The first-order valence-corrected chi connectivity index (χ1v) is 12.3. The molecule has 0 bridgehead atoms. The fourth-order valence-corrected chi connectivity index (χ4v) is 4.64. The number of carbonyl (C=O) groups is 2. The van der Waals surface area contributed by atoms with Gasteiger partial charge in [0.05, 0.1) is 16.2 Å². The Kier molecular flexibility index (Phi) is 8.01. The normalized spacial score (nSPS) is 11.3. The summed E-state index contributed by atoms with van der Waals surface area (Å²) in [6, 6.07) is 17.3. The number of nitrogens with one attached hydrogen (secondary N) is 2. The van der Waals surface area contributed by atoms with Gasteiger partial charge in [-0.15, -0.1) is 11.8 Å². The molecule has 0 fully saturated rings. The van der Waals surface area contributed by atoms with Gasteiger partial charge in [-0.3, -0.25) is 19.7 Å². The minimum atomic E-state index is -4.50. The maximum atomic E-state index is 12.9. The zero-order valence-electron chi connectivity index (χ0n) is 19.7. The van der Waals surface area contributed by atoms with Crippen molar-refractivity contribution < 1.29 is 27.7 Å². The van der Waals surface area contributed by atoms with E-state index in [4.69, 9.17) is 0 Å². The first kappa shape index (κ1) is 26.7. The van der Waals surface area contributed by atoms with E-state index >= 15 is 0 Å². The zero-order chi connectivity index (χ0) is 27.3. The van der Waals surface area contributed by atoms with Crippen LogP contribution in [0.2, 0.25) is 0 Å². The van der Waals surface area contributed by atoms with Crippen LogP contribution in [0, 0.1) is 10.1 Å². The summed E-state index contributed by atoms with van der Waals surface area (Å²) in [6.07, 6.45) is -2.65. The van der Waals surface area contributed by atoms with E-state index in [1.54, 1.807) is 0 Å². The minimum absolute atomic E-state index is 0.0128. The third-order valence-electron chi connectivity index (χ3n) is 5.56. The van der Waals surface area contributed by atoms with Crippen LogP contribution in [-0.4, -0.2) is 33.6 Å². The molecule has 1 heterocycles. The van der Waals surface area contributed by atoms with Crippen molar-refractivity contribution in [1.82, 2.24) is 9.88 Å². The highest BCUT2D eigenvalue weighted by Gasteiger charge is 2.30. The molecule has 4 rings (SSSR count). The van der Waals surface area contributed by atoms with Crippen molar-refractivity contribution in [2.24, 2.45) is 0 Å². The third-order valence-corrected chi connectivity index (χ3v) is 6.61. The summed E-state index contributed by atoms with van der Waals surface area (Å²) < 4.78 is 40.7. The van der Waals surface area contributed by atoms with Gasteiger partial charge in [-0.25, -0.2) is 0 Å². The molecule has 0 saturated heterocycles. The average Bonchev–Trinajstić information content (AvgIpc) is 3.25. The lowest BCUT2D eigenvalue weighted by molar-refractivity contribution is -0.384. The van der Waals surface area contributed by atoms with Crippen molar-refractivity contribution in [1.29, 1.82) is 0 Å². The highest BCUT2D eigenvalue weighted by Crippen LogP contribution is 2.32. The number of para-hydroxylation sites is 1. The molecule has 0 unspecified atom stereocenters. The number of halogens is 3. The number of nitro benzene ring substituents is 1. The number of hydrogen-bond acceptors (Lipinski definition) is 5. The Morgan fingerprint density at radius 2 is 1.74 bits per heavy atom. The molecule has 38 heavy (non-hydrogen) atoms. The summed E-state index contributed by atoms with van der Waals surface area (Å²) >= 11 is 1.25. The van der Waals surface area contributed by atoms with Crippen LogP contribution >= 0.6 is 11.8 Å². The van der Waals surface area contributed by atoms with E-state index in [2.05, 4.69) is 10.6 Å². The molecule has 3 aromatic carbocycles. The molecule has 4 aromatic rings. The van der Waals surface area contributed by atoms with Crippen LogP contribution in [0.5, 0.6) is 0 Å². The summed E-state index contributed by atoms with van der Waals surface area (Å²) in [7, 11) is 0. The van der Waals surface area contributed by atoms with Gasteiger partial charge in [0, 0.05) is 58.5 Å². The summed E-state index contributed by atoms with van der Waals surface area (Å²) in [5, 5.41) is 16.9. The highest BCUT2D eigenvalue weighted by atomic mass is 32.2. The Labute approximate surface area is 219 Å². The number of benzene rings is 3. The monoisotopic (exact) mass is 542 g/mol. The molecule has 0 atom stereocenters. The van der Waals surface area contributed by atoms with Crippen molar-refractivity contribution in [2.75, 3.05) is 17.6 Å². The van der Waals surface area contributed by atoms with E-state index in [-0.39, 0.29) is 29.6 Å². The zero-order valence-corrected chi connectivity index (χ0v) is 20.5. The predicted molar refractivity (Wildman–Crippen MR) is 138 cm³/mol. The fraction of sp³-hybridized carbons (Fsp3) is 0.154. The van der Waals surface area contributed by atoms with E-state index < -0.39 is 22.6 Å². The van der Waals surface area contributed by atoms with E-state index in [9.17, 15) is 32.9 Å². The van der Waals surface area contributed by atoms with Crippen LogP contribution in [0.3, 0.4) is 0 Å². The Balaban J connectivity index is 1.37. The number of fused-ring (bicyclic) bond motifs is 1. The number of thioether (sulfide) groups is 1. The van der Waals surface area contributed by atoms with Gasteiger partial charge in [-0.05, 0) is 36.4 Å². The number of amides is 2. The Hall–Kier alpha value is -4.32. The van der Waals surface area contributed by atoms with E-state index in [0.29, 0.717) is 12.1 Å². The molecule has 12 heteroatoms. The molecule has 0 aliphatic rings. The topological polar surface area (TPSA) is 106 Å². The molecule has 2 N–H and O–H groups in total. The summed E-state index contributed by atoms with van der Waals surface area (Å²) in [5.41, 5.74) is 0.311. The van der Waals surface area contributed by atoms with Gasteiger partial charge >= 0.3 is 6.18 Å². The molecular formula is C26H21F3N4O4S. The highest BCUT2D eigenvalue weighted by molar-refractivity contribution is 8.00. The molecule has 0 aliphatic carbocycles. The molecule has 0 radical (unpaired) electrons. The average molecular weight is 543 g/mol. The minimum Gasteiger partial charge on any atom is -0.350 e. The maximum Gasteiger partial charge on any atom is 0.416 e. The van der Waals surface area contributed by atoms with E-state index in [1.807, 2.05) is 35.0 Å². The van der Waals surface area contributed by atoms with Crippen LogP contribution in [0.25, 0.3) is 10.9 Å². The Morgan fingerprint density at radius 1 is 1.00 bits per heavy atom. The van der Waals surface area contributed by atoms with Crippen molar-refractivity contribution in [3.63, 3.8) is 0 Å². The van der Waals surface area contributed by atoms with Gasteiger partial charge in [0.15, 0.2) is 0 Å². The molecule has 8 nitrogen and oxygen atoms in total. The van der Waals surface area contributed by atoms with Gasteiger partial charge in [0.1, 0.15) is 0 Å². The van der Waals surface area contributed by atoms with Crippen LogP contribution < -0.4 is 10.6 Å². The van der Waals surface area contributed by atoms with Gasteiger partial charge in [-0.2, -0.15) is 13.2 Å². The largest absolute Gasteiger partial charge is 0.416 e. The molecule has 0 saturated carbocycles. The maximum absolute atomic E-state index is 12.9. The van der Waals surface area contributed by atoms with E-state index in [1.165, 1.54) is 48.2 Å². The Bertz CT molecular complexity index is 1490. The molecule has 0 spiro atoms. The molecule has 0 aliphatic heterocycles. The molecule has 1 aromatic heterocycles. The number of rotatable bonds is 9. The van der Waals surface area contributed by atoms with Gasteiger partial charge in [-0.1, -0.05) is 24.3 Å². The number of non-ortho nitro benzene ring substituents is 1. The van der Waals surface area contributed by atoms with Crippen LogP contribution in [0.1, 0.15) is 15.9 Å². The van der Waals surface area contributed by atoms with Crippen molar-refractivity contribution in [3.05, 3.63) is 100 Å². The number of nitro groups is 1. The lowest BCUT2D eigenvalue weighted by Gasteiger charge is -2.09. The van der Waals surface area contributed by atoms with Crippen LogP contribution in [0.15, 0.2) is 83.9 Å². The second-order valence-corrected chi connectivity index (χ2v) is 9.20. The molecule has 196 valence electrons. The summed E-state index contributed by atoms with van der Waals surface area (Å²) in [5.74, 6) is -0.819. The van der Waals surface area contributed by atoms with Crippen LogP contribution in [-0.2, 0) is 17.5 Å². The smallest absolute Gasteiger partial charge is 0.350 e. The fourth-order valence-electron chi connectivity index (χ4n) is 3.75. The molecular weight excluding hydrogens is 521 g/mol. The van der Waals surface area contributed by atoms with Gasteiger partial charge in [0.2, 0.25) is 5.91 Å². The number of alkyl halides is 3. The summed E-state index contributed by atoms with van der Waals surface area (Å²) in [6.45, 7) is 0.713. The number of anilines is 1. The van der Waals surface area contributed by atoms with Crippen molar-refractivity contribution >= 4 is 45.9 Å². The second-order valence-electron chi connectivity index (χ2n) is 8.18. The van der Waals surface area contributed by atoms with Crippen LogP contribution in [0.4, 0.5) is 24.5 Å². The number of hydrogen-bond donors (Lipinski definition) is 2. The van der Waals surface area contributed by atoms with E-state index in [0.717, 1.165) is 27.9 Å². The van der Waals surface area contributed by atoms with Crippen molar-refractivity contribution in [2.45, 2.75) is 17.6 Å². The van der Waals surface area contributed by atoms with Gasteiger partial charge in [0.25, 0.3) is 11.6 Å². The first-order chi connectivity index (χ1) is 18.1. The lowest BCUT2D eigenvalue weighted by atomic mass is 10.2. The predicted octanol–water partition coefficient (Wildman–Crippen LogP) is 5.73. The number of aromatic nitrogens is 1. The second kappa shape index (κ2) is 11.4. The Morgan fingerprint density at radius 3 is 2.45 bits per heavy atom. The number of nitrogens with zero attached hydrogens (tertiary/aromatic N) is 2. The SMILES string of the molecule is O=C(CSc1cn(CCNC(=O)c2ccc([N+](=O)[O-])cc2)c2ccccc12)Nc1cccc(C(F)(F)F)c1. The standard InChI is InChI=1S/C26H21F3N4O4S/c27-26(28,29)18-4-3-5-19(14-18)31-24(34)16-38-23-15-32(22-7-2-1-6-21(22)23)13-12-30-25(35)17-8-10-20(11-9-17)33(36)37/h1-11,14-15H,12-13,16H2,(H,30,35)(H,31,34).